The zero-order valence-corrected chi connectivity index (χ0v) is 19.4. The quantitative estimate of drug-likeness (QED) is 0.294. The second kappa shape index (κ2) is 11.4. The minimum Gasteiger partial charge on any atom is -0.468 e. The lowest BCUT2D eigenvalue weighted by atomic mass is 10.1. The Morgan fingerprint density at radius 3 is 2.47 bits per heavy atom. The van der Waals surface area contributed by atoms with E-state index in [1.165, 1.54) is 13.2 Å². The molecule has 2 N–H and O–H groups in total. The largest absolute Gasteiger partial charge is 0.468 e. The van der Waals surface area contributed by atoms with E-state index in [9.17, 15) is 14.4 Å². The van der Waals surface area contributed by atoms with Crippen molar-refractivity contribution in [1.82, 2.24) is 20.1 Å². The first-order chi connectivity index (χ1) is 17.5. The number of aromatic nitrogens is 3. The first-order valence-corrected chi connectivity index (χ1v) is 11.0. The van der Waals surface area contributed by atoms with E-state index in [1.807, 2.05) is 48.7 Å². The summed E-state index contributed by atoms with van der Waals surface area (Å²) in [6.45, 7) is -0.222. The summed E-state index contributed by atoms with van der Waals surface area (Å²) in [6.07, 6.45) is 8.37. The summed E-state index contributed by atoms with van der Waals surface area (Å²) in [5.41, 5.74) is 4.03. The average Bonchev–Trinajstić information content (AvgIpc) is 3.36. The van der Waals surface area contributed by atoms with Gasteiger partial charge in [-0.05, 0) is 54.6 Å². The van der Waals surface area contributed by atoms with E-state index in [0.717, 1.165) is 16.8 Å². The highest BCUT2D eigenvalue weighted by atomic mass is 16.5. The van der Waals surface area contributed by atoms with E-state index in [-0.39, 0.29) is 12.5 Å². The number of amides is 2. The number of hydrogen-bond acceptors (Lipinski definition) is 6. The van der Waals surface area contributed by atoms with Crippen LogP contribution in [0.25, 0.3) is 23.0 Å². The van der Waals surface area contributed by atoms with Gasteiger partial charge in [-0.25, -0.2) is 4.68 Å². The maximum Gasteiger partial charge on any atom is 0.325 e. The Morgan fingerprint density at radius 1 is 1.00 bits per heavy atom. The molecule has 0 atom stereocenters. The normalized spacial score (nSPS) is 10.7. The Bertz CT molecular complexity index is 1380. The van der Waals surface area contributed by atoms with Gasteiger partial charge in [-0.15, -0.1) is 0 Å². The molecule has 0 saturated carbocycles. The van der Waals surface area contributed by atoms with E-state index in [2.05, 4.69) is 20.4 Å². The van der Waals surface area contributed by atoms with E-state index >= 15 is 0 Å². The van der Waals surface area contributed by atoms with Crippen LogP contribution >= 0.6 is 0 Å². The minimum atomic E-state index is -0.542. The number of rotatable bonds is 8. The van der Waals surface area contributed by atoms with Crippen LogP contribution in [0.3, 0.4) is 0 Å². The van der Waals surface area contributed by atoms with Crippen molar-refractivity contribution in [3.63, 3.8) is 0 Å². The van der Waals surface area contributed by atoms with Gasteiger partial charge in [0.25, 0.3) is 5.91 Å². The van der Waals surface area contributed by atoms with Crippen LogP contribution in [0.4, 0.5) is 5.69 Å². The third kappa shape index (κ3) is 6.09. The lowest BCUT2D eigenvalue weighted by molar-refractivity contribution is -0.139. The Balaban J connectivity index is 1.47. The second-order valence-corrected chi connectivity index (χ2v) is 7.61. The zero-order chi connectivity index (χ0) is 25.3. The summed E-state index contributed by atoms with van der Waals surface area (Å²) in [4.78, 5) is 40.0. The Hall–Kier alpha value is -5.05. The van der Waals surface area contributed by atoms with E-state index < -0.39 is 11.9 Å². The van der Waals surface area contributed by atoms with Crippen LogP contribution < -0.4 is 10.6 Å². The van der Waals surface area contributed by atoms with Crippen molar-refractivity contribution in [2.24, 2.45) is 0 Å². The number of carbonyl (C=O) groups is 3. The number of benzene rings is 2. The van der Waals surface area contributed by atoms with Crippen molar-refractivity contribution in [3.8, 4) is 16.9 Å². The fourth-order valence-corrected chi connectivity index (χ4v) is 3.33. The molecule has 0 bridgehead atoms. The summed E-state index contributed by atoms with van der Waals surface area (Å²) in [6, 6.07) is 19.7. The number of para-hydroxylation sites is 1. The highest BCUT2D eigenvalue weighted by Crippen LogP contribution is 2.24. The SMILES string of the molecule is COC(=O)CNC(=O)c1ccc(NC(=O)/C=C/c2cn(-c3ccccc3)nc2-c2cccnc2)cc1. The fourth-order valence-electron chi connectivity index (χ4n) is 3.33. The third-order valence-corrected chi connectivity index (χ3v) is 5.15. The van der Waals surface area contributed by atoms with E-state index in [1.54, 1.807) is 47.4 Å². The summed E-state index contributed by atoms with van der Waals surface area (Å²) in [5.74, 6) is -1.31. The fraction of sp³-hybridized carbons (Fsp3) is 0.0741. The third-order valence-electron chi connectivity index (χ3n) is 5.15. The maximum atomic E-state index is 12.6. The molecule has 2 aromatic carbocycles. The molecule has 36 heavy (non-hydrogen) atoms. The topological polar surface area (TPSA) is 115 Å². The van der Waals surface area contributed by atoms with Crippen LogP contribution in [0.1, 0.15) is 15.9 Å². The first kappa shape index (κ1) is 24.1. The number of carbonyl (C=O) groups excluding carboxylic acids is 3. The van der Waals surface area contributed by atoms with Crippen molar-refractivity contribution in [1.29, 1.82) is 0 Å². The molecule has 0 spiro atoms. The molecule has 2 heterocycles. The Labute approximate surface area is 207 Å². The molecule has 9 nitrogen and oxygen atoms in total. The maximum absolute atomic E-state index is 12.6. The highest BCUT2D eigenvalue weighted by Gasteiger charge is 2.12. The van der Waals surface area contributed by atoms with Gasteiger partial charge in [0.1, 0.15) is 12.2 Å². The number of esters is 1. The first-order valence-electron chi connectivity index (χ1n) is 11.0. The number of ether oxygens (including phenoxy) is 1. The van der Waals surface area contributed by atoms with Crippen LogP contribution in [-0.2, 0) is 14.3 Å². The molecule has 9 heteroatoms. The average molecular weight is 482 g/mol. The molecule has 4 rings (SSSR count). The highest BCUT2D eigenvalue weighted by molar-refractivity contribution is 6.03. The zero-order valence-electron chi connectivity index (χ0n) is 19.4. The van der Waals surface area contributed by atoms with Crippen molar-refractivity contribution in [2.45, 2.75) is 0 Å². The van der Waals surface area contributed by atoms with Gasteiger partial charge < -0.3 is 15.4 Å². The number of nitrogens with zero attached hydrogens (tertiary/aromatic N) is 3. The standard InChI is InChI=1S/C27H23N5O4/c1-36-25(34)17-29-27(35)19-9-12-22(13-10-19)30-24(33)14-11-21-18-32(23-7-3-2-4-8-23)31-26(21)20-6-5-15-28-16-20/h2-16,18H,17H2,1H3,(H,29,35)(H,30,33)/b14-11+. The van der Waals surface area contributed by atoms with E-state index in [0.29, 0.717) is 16.9 Å². The number of anilines is 1. The molecule has 0 aliphatic heterocycles. The predicted molar refractivity (Wildman–Crippen MR) is 135 cm³/mol. The second-order valence-electron chi connectivity index (χ2n) is 7.61. The molecule has 180 valence electrons. The molecule has 0 saturated heterocycles. The van der Waals surface area contributed by atoms with Crippen molar-refractivity contribution < 1.29 is 19.1 Å². The van der Waals surface area contributed by atoms with E-state index in [4.69, 9.17) is 5.10 Å². The summed E-state index contributed by atoms with van der Waals surface area (Å²) in [5, 5.41) is 9.92. The summed E-state index contributed by atoms with van der Waals surface area (Å²) < 4.78 is 6.25. The van der Waals surface area contributed by atoms with Gasteiger partial charge in [0.15, 0.2) is 0 Å². The number of pyridine rings is 1. The Morgan fingerprint density at radius 2 is 1.78 bits per heavy atom. The molecule has 0 unspecified atom stereocenters. The van der Waals surface area contributed by atoms with Crippen LogP contribution in [0.15, 0.2) is 91.4 Å². The van der Waals surface area contributed by atoms with Crippen LogP contribution in [0.2, 0.25) is 0 Å². The van der Waals surface area contributed by atoms with Gasteiger partial charge in [0.05, 0.1) is 12.8 Å². The molecular formula is C27H23N5O4. The van der Waals surface area contributed by atoms with Gasteiger partial charge in [-0.1, -0.05) is 18.2 Å². The van der Waals surface area contributed by atoms with Gasteiger partial charge in [-0.2, -0.15) is 5.10 Å². The minimum absolute atomic E-state index is 0.222. The Kier molecular flexibility index (Phi) is 7.62. The number of hydrogen-bond donors (Lipinski definition) is 2. The van der Waals surface area contributed by atoms with Gasteiger partial charge >= 0.3 is 5.97 Å². The van der Waals surface area contributed by atoms with Crippen molar-refractivity contribution in [2.75, 3.05) is 19.0 Å². The summed E-state index contributed by atoms with van der Waals surface area (Å²) >= 11 is 0. The van der Waals surface area contributed by atoms with Crippen LogP contribution in [-0.4, -0.2) is 46.2 Å². The molecule has 2 aromatic heterocycles. The molecule has 0 aliphatic carbocycles. The molecule has 4 aromatic rings. The smallest absolute Gasteiger partial charge is 0.325 e. The van der Waals surface area contributed by atoms with Crippen LogP contribution in [0.5, 0.6) is 0 Å². The van der Waals surface area contributed by atoms with Crippen LogP contribution in [0, 0.1) is 0 Å². The lowest BCUT2D eigenvalue weighted by Gasteiger charge is -2.06. The molecule has 2 amide bonds. The van der Waals surface area contributed by atoms with Gasteiger partial charge in [0, 0.05) is 47.0 Å². The molecular weight excluding hydrogens is 458 g/mol. The number of methoxy groups -OCH3 is 1. The molecule has 0 aliphatic rings. The lowest BCUT2D eigenvalue weighted by Crippen LogP contribution is -2.30. The predicted octanol–water partition coefficient (Wildman–Crippen LogP) is 3.49. The molecule has 0 fully saturated rings. The van der Waals surface area contributed by atoms with Crippen molar-refractivity contribution in [3.05, 3.63) is 103 Å². The summed E-state index contributed by atoms with van der Waals surface area (Å²) in [7, 11) is 1.25. The monoisotopic (exact) mass is 481 g/mol. The van der Waals surface area contributed by atoms with Gasteiger partial charge in [0.2, 0.25) is 5.91 Å². The molecule has 0 radical (unpaired) electrons. The number of nitrogens with one attached hydrogen (secondary N) is 2. The van der Waals surface area contributed by atoms with Crippen molar-refractivity contribution >= 4 is 29.5 Å². The van der Waals surface area contributed by atoms with Gasteiger partial charge in [-0.3, -0.25) is 19.4 Å².